The van der Waals surface area contributed by atoms with E-state index in [9.17, 15) is 0 Å². The zero-order valence-electron chi connectivity index (χ0n) is 9.81. The van der Waals surface area contributed by atoms with Crippen molar-refractivity contribution in [3.8, 4) is 0 Å². The lowest BCUT2D eigenvalue weighted by atomic mass is 10.3. The van der Waals surface area contributed by atoms with Crippen molar-refractivity contribution in [3.05, 3.63) is 28.9 Å². The van der Waals surface area contributed by atoms with Gasteiger partial charge in [-0.1, -0.05) is 6.58 Å². The molecule has 2 heterocycles. The average molecular weight is 230 g/mol. The Morgan fingerprint density at radius 2 is 2.12 bits per heavy atom. The Morgan fingerprint density at radius 1 is 1.35 bits per heavy atom. The van der Waals surface area contributed by atoms with Gasteiger partial charge in [0.05, 0.1) is 5.35 Å². The number of pyridine rings is 1. The van der Waals surface area contributed by atoms with E-state index in [-0.39, 0.29) is 0 Å². The van der Waals surface area contributed by atoms with Crippen LogP contribution in [0.1, 0.15) is 0 Å². The van der Waals surface area contributed by atoms with Crippen molar-refractivity contribution >= 4 is 24.3 Å². The third kappa shape index (κ3) is 2.25. The Kier molecular flexibility index (Phi) is 2.78. The number of aliphatic imine (C=N–C) groups is 2. The monoisotopic (exact) mass is 230 g/mol. The molecule has 1 aromatic rings. The van der Waals surface area contributed by atoms with E-state index < -0.39 is 0 Å². The molecular weight excluding hydrogens is 216 g/mol. The van der Waals surface area contributed by atoms with Crippen LogP contribution in [-0.2, 0) is 0 Å². The average Bonchev–Trinajstić information content (AvgIpc) is 2.28. The minimum absolute atomic E-state index is 0.307. The van der Waals surface area contributed by atoms with Crippen LogP contribution in [0.4, 0.5) is 0 Å². The fraction of sp³-hybridized carbons (Fsp3) is 0.182. The molecule has 0 atom stereocenters. The van der Waals surface area contributed by atoms with E-state index in [0.29, 0.717) is 23.1 Å². The lowest BCUT2D eigenvalue weighted by Crippen LogP contribution is -2.42. The number of nitrogens with one attached hydrogen (secondary N) is 1. The Morgan fingerprint density at radius 3 is 2.76 bits per heavy atom. The molecule has 1 aliphatic rings. The minimum Gasteiger partial charge on any atom is -0.369 e. The summed E-state index contributed by atoms with van der Waals surface area (Å²) in [5.74, 6) is 1.46. The summed E-state index contributed by atoms with van der Waals surface area (Å²) in [4.78, 5) is 14.3. The first-order valence-corrected chi connectivity index (χ1v) is 5.09. The van der Waals surface area contributed by atoms with Gasteiger partial charge >= 0.3 is 0 Å². The van der Waals surface area contributed by atoms with Crippen molar-refractivity contribution in [2.75, 3.05) is 14.1 Å². The standard InChI is InChI=1S/C11H14N6/c1-7-8(5-4-6-13-7)9-14-10(12)16-11(15-9)17(2)3/h4-6H,1H2,2-3H3,(H3,12,14,15,16). The van der Waals surface area contributed by atoms with Crippen molar-refractivity contribution in [1.29, 1.82) is 0 Å². The quantitative estimate of drug-likeness (QED) is 0.562. The Labute approximate surface area is 98.9 Å². The van der Waals surface area contributed by atoms with Crippen LogP contribution < -0.4 is 21.6 Å². The van der Waals surface area contributed by atoms with Crippen LogP contribution in [0, 0.1) is 0 Å². The summed E-state index contributed by atoms with van der Waals surface area (Å²) in [6, 6.07) is 3.71. The second-order valence-electron chi connectivity index (χ2n) is 3.77. The molecule has 0 radical (unpaired) electrons. The molecule has 3 N–H and O–H groups in total. The largest absolute Gasteiger partial charge is 0.369 e. The third-order valence-corrected chi connectivity index (χ3v) is 2.22. The van der Waals surface area contributed by atoms with Crippen LogP contribution in [0.2, 0.25) is 0 Å². The molecule has 2 rings (SSSR count). The van der Waals surface area contributed by atoms with Gasteiger partial charge in [-0.25, -0.2) is 0 Å². The van der Waals surface area contributed by atoms with Crippen LogP contribution >= 0.6 is 0 Å². The molecule has 6 nitrogen and oxygen atoms in total. The van der Waals surface area contributed by atoms with E-state index in [4.69, 9.17) is 5.73 Å². The van der Waals surface area contributed by atoms with Crippen molar-refractivity contribution in [2.45, 2.75) is 0 Å². The van der Waals surface area contributed by atoms with Gasteiger partial charge in [0, 0.05) is 25.5 Å². The Bertz CT molecular complexity index is 599. The maximum absolute atomic E-state index is 5.71. The highest BCUT2D eigenvalue weighted by Gasteiger charge is 2.11. The van der Waals surface area contributed by atoms with Crippen LogP contribution in [0.15, 0.2) is 28.3 Å². The Hall–Kier alpha value is -2.37. The second-order valence-corrected chi connectivity index (χ2v) is 3.77. The summed E-state index contributed by atoms with van der Waals surface area (Å²) in [7, 11) is 3.71. The highest BCUT2D eigenvalue weighted by molar-refractivity contribution is 6.01. The van der Waals surface area contributed by atoms with Gasteiger partial charge in [0.1, 0.15) is 5.82 Å². The predicted molar refractivity (Wildman–Crippen MR) is 68.3 cm³/mol. The van der Waals surface area contributed by atoms with E-state index >= 15 is 0 Å². The summed E-state index contributed by atoms with van der Waals surface area (Å²) < 4.78 is 0. The van der Waals surface area contributed by atoms with Crippen LogP contribution in [0.5, 0.6) is 0 Å². The molecule has 0 fully saturated rings. The highest BCUT2D eigenvalue weighted by atomic mass is 15.3. The Balaban J connectivity index is 2.64. The van der Waals surface area contributed by atoms with E-state index in [1.807, 2.05) is 26.2 Å². The first-order valence-electron chi connectivity index (χ1n) is 5.09. The molecule has 6 heteroatoms. The van der Waals surface area contributed by atoms with Crippen molar-refractivity contribution in [3.63, 3.8) is 0 Å². The smallest absolute Gasteiger partial charge is 0.230 e. The maximum Gasteiger partial charge on any atom is 0.230 e. The van der Waals surface area contributed by atoms with E-state index in [1.165, 1.54) is 0 Å². The van der Waals surface area contributed by atoms with Gasteiger partial charge in [-0.3, -0.25) is 4.98 Å². The molecule has 1 aliphatic heterocycles. The normalized spacial score (nSPS) is 18.0. The van der Waals surface area contributed by atoms with Gasteiger partial charge in [-0.2, -0.15) is 9.98 Å². The molecule has 0 bridgehead atoms. The summed E-state index contributed by atoms with van der Waals surface area (Å²) in [5, 5.41) is 4.36. The lowest BCUT2D eigenvalue weighted by Gasteiger charge is -2.18. The highest BCUT2D eigenvalue weighted by Crippen LogP contribution is 1.99. The van der Waals surface area contributed by atoms with E-state index in [2.05, 4.69) is 26.9 Å². The molecule has 88 valence electrons. The number of nitrogens with zero attached hydrogens (tertiary/aromatic N) is 4. The minimum atomic E-state index is 0.307. The van der Waals surface area contributed by atoms with Gasteiger partial charge in [0.15, 0.2) is 0 Å². The summed E-state index contributed by atoms with van der Waals surface area (Å²) >= 11 is 0. The molecule has 1 aromatic heterocycles. The third-order valence-electron chi connectivity index (χ3n) is 2.22. The maximum atomic E-state index is 5.71. The second kappa shape index (κ2) is 4.25. The molecule has 0 saturated heterocycles. The molecular formula is C11H14N6. The van der Waals surface area contributed by atoms with Crippen molar-refractivity contribution in [2.24, 2.45) is 15.7 Å². The van der Waals surface area contributed by atoms with Gasteiger partial charge in [0.25, 0.3) is 0 Å². The van der Waals surface area contributed by atoms with Crippen LogP contribution in [-0.4, -0.2) is 35.9 Å². The summed E-state index contributed by atoms with van der Waals surface area (Å²) in [5.41, 5.74) is 5.71. The molecule has 0 amide bonds. The number of hydrogen-bond acceptors (Lipinski definition) is 6. The summed E-state index contributed by atoms with van der Waals surface area (Å²) in [6.07, 6.45) is 1.68. The fourth-order valence-corrected chi connectivity index (χ4v) is 1.39. The van der Waals surface area contributed by atoms with Gasteiger partial charge in [-0.05, 0) is 12.1 Å². The van der Waals surface area contributed by atoms with Crippen molar-refractivity contribution in [1.82, 2.24) is 15.2 Å². The van der Waals surface area contributed by atoms with Crippen LogP contribution in [0.3, 0.4) is 0 Å². The topological polar surface area (TPSA) is 78.9 Å². The SMILES string of the molecule is C=c1ncccc1=C1N=C(N(C)C)N=C(N)N1. The van der Waals surface area contributed by atoms with E-state index in [1.54, 1.807) is 11.1 Å². The zero-order chi connectivity index (χ0) is 12.4. The fourth-order valence-electron chi connectivity index (χ4n) is 1.39. The van der Waals surface area contributed by atoms with E-state index in [0.717, 1.165) is 5.22 Å². The first kappa shape index (κ1) is 11.1. The molecule has 0 spiro atoms. The molecule has 0 unspecified atom stereocenters. The number of aromatic nitrogens is 1. The zero-order valence-corrected chi connectivity index (χ0v) is 9.81. The van der Waals surface area contributed by atoms with Gasteiger partial charge in [-0.15, -0.1) is 0 Å². The molecule has 0 aliphatic carbocycles. The number of hydrogen-bond donors (Lipinski definition) is 2. The first-order chi connectivity index (χ1) is 8.08. The molecule has 17 heavy (non-hydrogen) atoms. The van der Waals surface area contributed by atoms with Crippen LogP contribution in [0.25, 0.3) is 12.4 Å². The van der Waals surface area contributed by atoms with Crippen molar-refractivity contribution < 1.29 is 0 Å². The van der Waals surface area contributed by atoms with Gasteiger partial charge < -0.3 is 16.0 Å². The number of guanidine groups is 2. The van der Waals surface area contributed by atoms with Gasteiger partial charge in [0.2, 0.25) is 11.9 Å². The number of rotatable bonds is 0. The molecule has 0 saturated carbocycles. The predicted octanol–water partition coefficient (Wildman–Crippen LogP) is -1.61. The summed E-state index contributed by atoms with van der Waals surface area (Å²) in [6.45, 7) is 3.86. The number of nitrogens with two attached hydrogens (primary N) is 1. The molecule has 0 aromatic carbocycles. The lowest BCUT2D eigenvalue weighted by molar-refractivity contribution is 0.612.